The van der Waals surface area contributed by atoms with Crippen LogP contribution in [0.15, 0.2) is 24.3 Å². The quantitative estimate of drug-likeness (QED) is 0.457. The molecule has 0 fully saturated rings. The molecular formula is C13H16O5. The number of hydrogen-bond donors (Lipinski definition) is 1. The molecule has 0 unspecified atom stereocenters. The van der Waals surface area contributed by atoms with Gasteiger partial charge in [0.2, 0.25) is 0 Å². The Balaban J connectivity index is 2.33. The molecule has 0 bridgehead atoms. The molecule has 0 saturated heterocycles. The molecule has 0 aliphatic carbocycles. The number of carbonyl (C=O) groups is 2. The zero-order chi connectivity index (χ0) is 13.4. The molecule has 0 saturated carbocycles. The van der Waals surface area contributed by atoms with Crippen molar-refractivity contribution in [2.45, 2.75) is 25.7 Å². The zero-order valence-electron chi connectivity index (χ0n) is 10.2. The Kier molecular flexibility index (Phi) is 5.70. The largest absolute Gasteiger partial charge is 0.497 e. The van der Waals surface area contributed by atoms with E-state index in [-0.39, 0.29) is 18.8 Å². The van der Waals surface area contributed by atoms with E-state index in [0.717, 1.165) is 0 Å². The van der Waals surface area contributed by atoms with Gasteiger partial charge >= 0.3 is 11.9 Å². The molecule has 0 aromatic heterocycles. The van der Waals surface area contributed by atoms with E-state index in [1.54, 1.807) is 24.3 Å². The third-order valence-corrected chi connectivity index (χ3v) is 2.29. The van der Waals surface area contributed by atoms with Gasteiger partial charge in [-0.25, -0.2) is 0 Å². The van der Waals surface area contributed by atoms with Crippen LogP contribution in [0.25, 0.3) is 0 Å². The van der Waals surface area contributed by atoms with Crippen LogP contribution >= 0.6 is 0 Å². The second-order valence-electron chi connectivity index (χ2n) is 3.75. The molecular weight excluding hydrogens is 236 g/mol. The molecule has 0 aliphatic rings. The lowest BCUT2D eigenvalue weighted by atomic mass is 10.2. The lowest BCUT2D eigenvalue weighted by Crippen LogP contribution is -2.08. The first-order valence-corrected chi connectivity index (χ1v) is 5.68. The maximum atomic E-state index is 11.4. The predicted octanol–water partition coefficient (Wildman–Crippen LogP) is 2.25. The first kappa shape index (κ1) is 14.0. The summed E-state index contributed by atoms with van der Waals surface area (Å²) < 4.78 is 10.1. The second-order valence-corrected chi connectivity index (χ2v) is 3.75. The van der Waals surface area contributed by atoms with Crippen LogP contribution in [0.4, 0.5) is 0 Å². The monoisotopic (exact) mass is 252 g/mol. The lowest BCUT2D eigenvalue weighted by Gasteiger charge is -2.05. The highest BCUT2D eigenvalue weighted by Crippen LogP contribution is 2.19. The normalized spacial score (nSPS) is 9.83. The van der Waals surface area contributed by atoms with Crippen LogP contribution in [0.2, 0.25) is 0 Å². The van der Waals surface area contributed by atoms with Crippen LogP contribution < -0.4 is 9.47 Å². The van der Waals surface area contributed by atoms with Gasteiger partial charge in [-0.2, -0.15) is 0 Å². The van der Waals surface area contributed by atoms with Crippen molar-refractivity contribution < 1.29 is 24.2 Å². The Morgan fingerprint density at radius 1 is 1.17 bits per heavy atom. The van der Waals surface area contributed by atoms with E-state index in [2.05, 4.69) is 0 Å². The van der Waals surface area contributed by atoms with Crippen molar-refractivity contribution in [2.75, 3.05) is 7.11 Å². The molecule has 0 heterocycles. The van der Waals surface area contributed by atoms with E-state index in [0.29, 0.717) is 24.3 Å². The number of unbranched alkanes of at least 4 members (excludes halogenated alkanes) is 1. The van der Waals surface area contributed by atoms with Crippen molar-refractivity contribution >= 4 is 11.9 Å². The van der Waals surface area contributed by atoms with Gasteiger partial charge < -0.3 is 14.6 Å². The fraction of sp³-hybridized carbons (Fsp3) is 0.385. The molecule has 0 atom stereocenters. The SMILES string of the molecule is COc1cccc(OC(=O)CCCCC(=O)O)c1. The number of rotatable bonds is 7. The van der Waals surface area contributed by atoms with Gasteiger partial charge in [0.05, 0.1) is 7.11 Å². The Labute approximate surface area is 105 Å². The highest BCUT2D eigenvalue weighted by atomic mass is 16.5. The van der Waals surface area contributed by atoms with Crippen molar-refractivity contribution in [3.8, 4) is 11.5 Å². The Bertz CT molecular complexity index is 414. The summed E-state index contributed by atoms with van der Waals surface area (Å²) in [7, 11) is 1.53. The average Bonchev–Trinajstić information content (AvgIpc) is 2.34. The number of carboxylic acids is 1. The summed E-state index contributed by atoms with van der Waals surface area (Å²) in [5, 5.41) is 8.44. The summed E-state index contributed by atoms with van der Waals surface area (Å²) in [6.07, 6.45) is 1.27. The minimum atomic E-state index is -0.851. The molecule has 18 heavy (non-hydrogen) atoms. The van der Waals surface area contributed by atoms with Crippen molar-refractivity contribution in [1.29, 1.82) is 0 Å². The van der Waals surface area contributed by atoms with Gasteiger partial charge in [0.15, 0.2) is 0 Å². The lowest BCUT2D eigenvalue weighted by molar-refractivity contribution is -0.138. The van der Waals surface area contributed by atoms with E-state index in [1.165, 1.54) is 7.11 Å². The minimum absolute atomic E-state index is 0.0758. The van der Waals surface area contributed by atoms with Gasteiger partial charge in [-0.3, -0.25) is 9.59 Å². The van der Waals surface area contributed by atoms with Crippen molar-refractivity contribution in [2.24, 2.45) is 0 Å². The fourth-order valence-electron chi connectivity index (χ4n) is 1.39. The minimum Gasteiger partial charge on any atom is -0.497 e. The van der Waals surface area contributed by atoms with E-state index in [4.69, 9.17) is 14.6 Å². The highest BCUT2D eigenvalue weighted by molar-refractivity contribution is 5.72. The van der Waals surface area contributed by atoms with E-state index >= 15 is 0 Å². The number of hydrogen-bond acceptors (Lipinski definition) is 4. The first-order chi connectivity index (χ1) is 8.61. The first-order valence-electron chi connectivity index (χ1n) is 5.68. The summed E-state index contributed by atoms with van der Waals surface area (Å²) in [4.78, 5) is 21.7. The van der Waals surface area contributed by atoms with Crippen LogP contribution in [0.3, 0.4) is 0 Å². The van der Waals surface area contributed by atoms with E-state index < -0.39 is 5.97 Å². The molecule has 1 N–H and O–H groups in total. The Morgan fingerprint density at radius 3 is 2.50 bits per heavy atom. The zero-order valence-corrected chi connectivity index (χ0v) is 10.2. The summed E-state index contributed by atoms with van der Waals surface area (Å²) in [5.41, 5.74) is 0. The molecule has 0 radical (unpaired) electrons. The molecule has 0 amide bonds. The third-order valence-electron chi connectivity index (χ3n) is 2.29. The predicted molar refractivity (Wildman–Crippen MR) is 64.7 cm³/mol. The van der Waals surface area contributed by atoms with Gasteiger partial charge in [-0.05, 0) is 25.0 Å². The van der Waals surface area contributed by atoms with Crippen LogP contribution in [-0.4, -0.2) is 24.2 Å². The average molecular weight is 252 g/mol. The molecule has 1 aromatic rings. The molecule has 5 heteroatoms. The number of ether oxygens (including phenoxy) is 2. The summed E-state index contributed by atoms with van der Waals surface area (Å²) >= 11 is 0. The summed E-state index contributed by atoms with van der Waals surface area (Å²) in [5.74, 6) is -0.173. The van der Waals surface area contributed by atoms with E-state index in [1.807, 2.05) is 0 Å². The number of methoxy groups -OCH3 is 1. The molecule has 0 spiro atoms. The summed E-state index contributed by atoms with van der Waals surface area (Å²) in [6.45, 7) is 0. The van der Waals surface area contributed by atoms with Crippen molar-refractivity contribution in [1.82, 2.24) is 0 Å². The molecule has 0 aliphatic heterocycles. The topological polar surface area (TPSA) is 72.8 Å². The maximum absolute atomic E-state index is 11.4. The highest BCUT2D eigenvalue weighted by Gasteiger charge is 2.06. The van der Waals surface area contributed by atoms with Gasteiger partial charge in [0.1, 0.15) is 11.5 Å². The Hall–Kier alpha value is -2.04. The standard InChI is InChI=1S/C13H16O5/c1-17-10-5-4-6-11(9-10)18-13(16)8-3-2-7-12(14)15/h4-6,9H,2-3,7-8H2,1H3,(H,14,15). The molecule has 98 valence electrons. The maximum Gasteiger partial charge on any atom is 0.311 e. The van der Waals surface area contributed by atoms with Gasteiger partial charge in [0, 0.05) is 18.9 Å². The Morgan fingerprint density at radius 2 is 1.83 bits per heavy atom. The van der Waals surface area contributed by atoms with E-state index in [9.17, 15) is 9.59 Å². The van der Waals surface area contributed by atoms with Gasteiger partial charge in [-0.1, -0.05) is 6.07 Å². The number of benzene rings is 1. The molecule has 5 nitrogen and oxygen atoms in total. The number of carboxylic acid groups (broad SMARTS) is 1. The van der Waals surface area contributed by atoms with Gasteiger partial charge in [-0.15, -0.1) is 0 Å². The van der Waals surface area contributed by atoms with Crippen LogP contribution in [0.1, 0.15) is 25.7 Å². The van der Waals surface area contributed by atoms with Crippen LogP contribution in [-0.2, 0) is 9.59 Å². The third kappa shape index (κ3) is 5.34. The fourth-order valence-corrected chi connectivity index (χ4v) is 1.39. The van der Waals surface area contributed by atoms with Crippen molar-refractivity contribution in [3.63, 3.8) is 0 Å². The number of carbonyl (C=O) groups excluding carboxylic acids is 1. The van der Waals surface area contributed by atoms with Crippen LogP contribution in [0, 0.1) is 0 Å². The second kappa shape index (κ2) is 7.32. The summed E-state index contributed by atoms with van der Waals surface area (Å²) in [6, 6.07) is 6.77. The molecule has 1 aromatic carbocycles. The van der Waals surface area contributed by atoms with Gasteiger partial charge in [0.25, 0.3) is 0 Å². The number of esters is 1. The number of aliphatic carboxylic acids is 1. The van der Waals surface area contributed by atoms with Crippen LogP contribution in [0.5, 0.6) is 11.5 Å². The van der Waals surface area contributed by atoms with Crippen molar-refractivity contribution in [3.05, 3.63) is 24.3 Å². The smallest absolute Gasteiger partial charge is 0.311 e. The molecule has 1 rings (SSSR count).